The third-order valence-corrected chi connectivity index (χ3v) is 22.3. The molecule has 3 aliphatic carbocycles. The molecule has 0 fully saturated rings. The van der Waals surface area contributed by atoms with Crippen molar-refractivity contribution in [3.05, 3.63) is 228 Å². The molecular weight excluding hydrogens is 881 g/mol. The Hall–Kier alpha value is -8.10. The van der Waals surface area contributed by atoms with Gasteiger partial charge < -0.3 is 0 Å². The first-order valence-corrected chi connectivity index (χ1v) is 28.9. The van der Waals surface area contributed by atoms with Gasteiger partial charge in [0.1, 0.15) is 8.07 Å². The second-order valence-electron chi connectivity index (χ2n) is 22.8. The van der Waals surface area contributed by atoms with Crippen molar-refractivity contribution in [1.82, 2.24) is 0 Å². The fourth-order valence-corrected chi connectivity index (χ4v) is 18.4. The SMILES string of the molecule is CC1(C)c2ccccc2-c2ccc(-c3c4ccc5cc4c(c4cc6c(cc34)-c3ccccc3[Si]6(C)C)-c3ccc4c(c3)C(C)(c3cc6c-5ccc5c7cccc8cccc(c(c3)c65)c87)c3ccccc3-4)cc21. The van der Waals surface area contributed by atoms with E-state index in [1.165, 1.54) is 170 Å². The highest BCUT2D eigenvalue weighted by atomic mass is 28.3. The summed E-state index contributed by atoms with van der Waals surface area (Å²) in [5.41, 5.74) is 22.3. The molecule has 0 saturated carbocycles. The van der Waals surface area contributed by atoms with E-state index in [1.54, 1.807) is 0 Å². The average molecular weight is 929 g/mol. The number of benzene rings is 13. The fraction of sp³-hybridized carbons (Fsp3) is 0.0986. The van der Waals surface area contributed by atoms with Gasteiger partial charge in [0.2, 0.25) is 0 Å². The highest BCUT2D eigenvalue weighted by Crippen LogP contribution is 2.58. The number of hydrogen-bond acceptors (Lipinski definition) is 0. The summed E-state index contributed by atoms with van der Waals surface area (Å²) in [5, 5.41) is 19.0. The second kappa shape index (κ2) is 13.0. The number of rotatable bonds is 1. The molecule has 13 aromatic carbocycles. The predicted octanol–water partition coefficient (Wildman–Crippen LogP) is 17.8. The lowest BCUT2D eigenvalue weighted by Crippen LogP contribution is -2.49. The molecule has 17 rings (SSSR count). The van der Waals surface area contributed by atoms with Gasteiger partial charge in [0, 0.05) is 10.8 Å². The van der Waals surface area contributed by atoms with Gasteiger partial charge >= 0.3 is 0 Å². The van der Waals surface area contributed by atoms with Gasteiger partial charge in [0.15, 0.2) is 0 Å². The Balaban J connectivity index is 1.07. The molecule has 0 amide bonds. The molecule has 0 saturated heterocycles. The molecule has 0 nitrogen and oxygen atoms in total. The second-order valence-corrected chi connectivity index (χ2v) is 27.1. The maximum atomic E-state index is 2.67. The van der Waals surface area contributed by atoms with Gasteiger partial charge in [0.05, 0.1) is 0 Å². The molecule has 1 aliphatic heterocycles. The lowest BCUT2D eigenvalue weighted by Gasteiger charge is -2.31. The van der Waals surface area contributed by atoms with Crippen LogP contribution in [0.15, 0.2) is 200 Å². The molecule has 1 heteroatoms. The molecule has 0 aromatic heterocycles. The minimum atomic E-state index is -2.07. The summed E-state index contributed by atoms with van der Waals surface area (Å²) in [5.74, 6) is 0. The smallest absolute Gasteiger partial charge is 0.0623 e. The van der Waals surface area contributed by atoms with Crippen LogP contribution in [0.1, 0.15) is 48.6 Å². The zero-order valence-corrected chi connectivity index (χ0v) is 42.1. The van der Waals surface area contributed by atoms with Crippen LogP contribution < -0.4 is 10.4 Å². The molecule has 1 heterocycles. The maximum Gasteiger partial charge on any atom is 0.113 e. The summed E-state index contributed by atoms with van der Waals surface area (Å²) >= 11 is 0. The van der Waals surface area contributed by atoms with Crippen molar-refractivity contribution in [2.75, 3.05) is 0 Å². The minimum absolute atomic E-state index is 0.127. The minimum Gasteiger partial charge on any atom is -0.0623 e. The molecule has 6 bridgehead atoms. The Labute approximate surface area is 420 Å². The lowest BCUT2D eigenvalue weighted by molar-refractivity contribution is 0.660. The van der Waals surface area contributed by atoms with Gasteiger partial charge in [-0.25, -0.2) is 0 Å². The Morgan fingerprint density at radius 3 is 1.65 bits per heavy atom. The fourth-order valence-electron chi connectivity index (χ4n) is 15.3. The van der Waals surface area contributed by atoms with Crippen LogP contribution in [0, 0.1) is 0 Å². The summed E-state index contributed by atoms with van der Waals surface area (Å²) in [6, 6.07) is 79.1. The average Bonchev–Trinajstić information content (AvgIpc) is 3.91. The summed E-state index contributed by atoms with van der Waals surface area (Å²) in [6.07, 6.45) is 0. The van der Waals surface area contributed by atoms with Crippen LogP contribution in [0.3, 0.4) is 0 Å². The van der Waals surface area contributed by atoms with Crippen LogP contribution in [-0.2, 0) is 10.8 Å². The molecule has 4 aliphatic rings. The Kier molecular flexibility index (Phi) is 7.18. The molecule has 0 radical (unpaired) electrons. The van der Waals surface area contributed by atoms with Crippen molar-refractivity contribution in [3.63, 3.8) is 0 Å². The number of fused-ring (bicyclic) bond motifs is 19. The molecule has 336 valence electrons. The molecular formula is C71H48Si. The van der Waals surface area contributed by atoms with Gasteiger partial charge in [-0.2, -0.15) is 0 Å². The Morgan fingerprint density at radius 2 is 0.861 bits per heavy atom. The van der Waals surface area contributed by atoms with Gasteiger partial charge in [-0.15, -0.1) is 0 Å². The first-order chi connectivity index (χ1) is 35.1. The zero-order valence-electron chi connectivity index (χ0n) is 41.1. The van der Waals surface area contributed by atoms with Crippen molar-refractivity contribution < 1.29 is 0 Å². The standard InChI is InChI=1S/C71H48Si/c1-70(2)60-21-9-6-16-45(60)47-27-25-41(33-62(47)70)67-53-29-24-40-32-55(53)68(59-38-65-54(37-58(59)67)49-18-8-11-23-64(49)72(65,4)5)42-26-28-48-46-17-7-10-22-61(46)71(3,63(48)34-42)43-35-56-44(40)30-31-52-50-19-12-14-39-15-13-20-51(66(39)50)57(36-43)69(52)56/h6-38H,1-5H3. The quantitative estimate of drug-likeness (QED) is 0.0874. The lowest BCUT2D eigenvalue weighted by atomic mass is 9.71. The van der Waals surface area contributed by atoms with Gasteiger partial charge in [-0.3, -0.25) is 0 Å². The van der Waals surface area contributed by atoms with Crippen LogP contribution in [0.2, 0.25) is 13.1 Å². The van der Waals surface area contributed by atoms with Crippen LogP contribution in [0.5, 0.6) is 0 Å². The highest BCUT2D eigenvalue weighted by Gasteiger charge is 2.43. The van der Waals surface area contributed by atoms with E-state index in [-0.39, 0.29) is 5.41 Å². The predicted molar refractivity (Wildman–Crippen MR) is 310 cm³/mol. The van der Waals surface area contributed by atoms with Crippen molar-refractivity contribution in [3.8, 4) is 66.8 Å². The van der Waals surface area contributed by atoms with Crippen LogP contribution in [0.4, 0.5) is 0 Å². The first-order valence-electron chi connectivity index (χ1n) is 25.9. The normalized spacial score (nSPS) is 17.0. The zero-order chi connectivity index (χ0) is 47.7. The van der Waals surface area contributed by atoms with Crippen LogP contribution >= 0.6 is 0 Å². The summed E-state index contributed by atoms with van der Waals surface area (Å²) in [4.78, 5) is 0. The monoisotopic (exact) mass is 928 g/mol. The van der Waals surface area contributed by atoms with E-state index in [9.17, 15) is 0 Å². The summed E-state index contributed by atoms with van der Waals surface area (Å²) in [6.45, 7) is 12.5. The van der Waals surface area contributed by atoms with Gasteiger partial charge in [-0.05, 0) is 213 Å². The van der Waals surface area contributed by atoms with Gasteiger partial charge in [0.25, 0.3) is 0 Å². The van der Waals surface area contributed by atoms with E-state index in [2.05, 4.69) is 234 Å². The Bertz CT molecular complexity index is 4690. The molecule has 1 atom stereocenters. The molecule has 72 heavy (non-hydrogen) atoms. The molecule has 0 spiro atoms. The molecule has 1 unspecified atom stereocenters. The topological polar surface area (TPSA) is 0 Å². The largest absolute Gasteiger partial charge is 0.113 e. The summed E-state index contributed by atoms with van der Waals surface area (Å²) in [7, 11) is -2.07. The van der Waals surface area contributed by atoms with E-state index in [0.29, 0.717) is 0 Å². The van der Waals surface area contributed by atoms with E-state index in [4.69, 9.17) is 0 Å². The van der Waals surface area contributed by atoms with E-state index < -0.39 is 13.5 Å². The third kappa shape index (κ3) is 4.62. The van der Waals surface area contributed by atoms with E-state index >= 15 is 0 Å². The summed E-state index contributed by atoms with van der Waals surface area (Å²) < 4.78 is 0. The van der Waals surface area contributed by atoms with Crippen molar-refractivity contribution in [2.45, 2.75) is 44.7 Å². The van der Waals surface area contributed by atoms with Crippen LogP contribution in [0.25, 0.3) is 131 Å². The Morgan fingerprint density at radius 1 is 0.306 bits per heavy atom. The van der Waals surface area contributed by atoms with E-state index in [0.717, 1.165) is 0 Å². The van der Waals surface area contributed by atoms with Crippen molar-refractivity contribution >= 4 is 83.1 Å². The molecule has 13 aromatic rings. The van der Waals surface area contributed by atoms with E-state index in [1.807, 2.05) is 0 Å². The first kappa shape index (κ1) is 39.6. The third-order valence-electron chi connectivity index (χ3n) is 18.8. The van der Waals surface area contributed by atoms with Crippen molar-refractivity contribution in [2.24, 2.45) is 0 Å². The maximum absolute atomic E-state index is 2.67. The highest BCUT2D eigenvalue weighted by molar-refractivity contribution is 7.04. The van der Waals surface area contributed by atoms with Gasteiger partial charge in [-0.1, -0.05) is 191 Å². The number of hydrogen-bond donors (Lipinski definition) is 0. The van der Waals surface area contributed by atoms with Crippen LogP contribution in [-0.4, -0.2) is 8.07 Å². The molecule has 0 N–H and O–H groups in total. The van der Waals surface area contributed by atoms with Crippen molar-refractivity contribution in [1.29, 1.82) is 0 Å².